The topological polar surface area (TPSA) is 86.8 Å². The van der Waals surface area contributed by atoms with Crippen molar-refractivity contribution in [1.29, 1.82) is 0 Å². The molecule has 0 aromatic heterocycles. The second-order valence-corrected chi connectivity index (χ2v) is 11.6. The molecule has 39 heavy (non-hydrogen) atoms. The summed E-state index contributed by atoms with van der Waals surface area (Å²) in [7, 11) is -4.26. The van der Waals surface area contributed by atoms with Crippen molar-refractivity contribution in [2.24, 2.45) is 0 Å². The Kier molecular flexibility index (Phi) is 10.1. The molecule has 0 bridgehead atoms. The number of nitrogens with one attached hydrogen (secondary N) is 1. The summed E-state index contributed by atoms with van der Waals surface area (Å²) < 4.78 is 42.3. The van der Waals surface area contributed by atoms with Crippen molar-refractivity contribution >= 4 is 39.1 Å². The molecule has 0 saturated carbocycles. The number of hydrogen-bond acceptors (Lipinski definition) is 4. The van der Waals surface area contributed by atoms with Crippen molar-refractivity contribution in [2.45, 2.75) is 57.6 Å². The predicted molar refractivity (Wildman–Crippen MR) is 151 cm³/mol. The summed E-state index contributed by atoms with van der Waals surface area (Å²) in [5.74, 6) is -1.68. The molecule has 0 saturated heterocycles. The molecule has 3 aromatic rings. The second kappa shape index (κ2) is 13.1. The van der Waals surface area contributed by atoms with E-state index in [2.05, 4.69) is 5.32 Å². The van der Waals surface area contributed by atoms with E-state index in [9.17, 15) is 22.4 Å². The SMILES string of the molecule is CCC(C)NC(=O)C(C)N(Cc1ccccc1C)C(=O)CN(c1ccc(F)c(Cl)c1)S(=O)(=O)c1ccccc1. The average molecular weight is 574 g/mol. The van der Waals surface area contributed by atoms with Crippen molar-refractivity contribution in [1.82, 2.24) is 10.2 Å². The Morgan fingerprint density at radius 2 is 1.64 bits per heavy atom. The van der Waals surface area contributed by atoms with Crippen molar-refractivity contribution in [3.63, 3.8) is 0 Å². The Balaban J connectivity index is 2.05. The monoisotopic (exact) mass is 573 g/mol. The highest BCUT2D eigenvalue weighted by Gasteiger charge is 2.33. The van der Waals surface area contributed by atoms with Crippen LogP contribution < -0.4 is 9.62 Å². The van der Waals surface area contributed by atoms with Gasteiger partial charge in [-0.05, 0) is 68.7 Å². The number of carbonyl (C=O) groups is 2. The fraction of sp³-hybridized carbons (Fsp3) is 0.310. The van der Waals surface area contributed by atoms with Crippen LogP contribution in [-0.4, -0.2) is 43.8 Å². The first-order chi connectivity index (χ1) is 18.4. The molecule has 7 nitrogen and oxygen atoms in total. The number of amides is 2. The fourth-order valence-electron chi connectivity index (χ4n) is 3.91. The number of carbonyl (C=O) groups excluding carboxylic acids is 2. The molecule has 0 radical (unpaired) electrons. The Morgan fingerprint density at radius 3 is 2.26 bits per heavy atom. The van der Waals surface area contributed by atoms with Crippen LogP contribution in [0, 0.1) is 12.7 Å². The van der Waals surface area contributed by atoms with E-state index in [0.29, 0.717) is 6.42 Å². The third-order valence-corrected chi connectivity index (χ3v) is 8.65. The Morgan fingerprint density at radius 1 is 1.00 bits per heavy atom. The quantitative estimate of drug-likeness (QED) is 0.337. The first-order valence-corrected chi connectivity index (χ1v) is 14.4. The minimum atomic E-state index is -4.26. The maximum atomic E-state index is 14.0. The molecule has 208 valence electrons. The van der Waals surface area contributed by atoms with Crippen LogP contribution in [0.3, 0.4) is 0 Å². The highest BCUT2D eigenvalue weighted by Crippen LogP contribution is 2.28. The van der Waals surface area contributed by atoms with Crippen LogP contribution in [0.15, 0.2) is 77.7 Å². The van der Waals surface area contributed by atoms with Crippen molar-refractivity contribution in [2.75, 3.05) is 10.8 Å². The third-order valence-electron chi connectivity index (χ3n) is 6.57. The average Bonchev–Trinajstić information content (AvgIpc) is 2.92. The van der Waals surface area contributed by atoms with Gasteiger partial charge in [0.25, 0.3) is 10.0 Å². The highest BCUT2D eigenvalue weighted by atomic mass is 35.5. The van der Waals surface area contributed by atoms with Gasteiger partial charge in [0.05, 0.1) is 15.6 Å². The summed E-state index contributed by atoms with van der Waals surface area (Å²) in [5, 5.41) is 2.61. The standard InChI is InChI=1S/C29H33ClFN3O4S/c1-5-21(3)32-29(36)22(4)33(18-23-12-10-9-11-20(23)2)28(35)19-34(24-15-16-27(31)26(30)17-24)39(37,38)25-13-7-6-8-14-25/h6-17,21-22H,5,18-19H2,1-4H3,(H,32,36). The molecule has 1 N–H and O–H groups in total. The van der Waals surface area contributed by atoms with Gasteiger partial charge in [-0.1, -0.05) is 61.0 Å². The number of sulfonamides is 1. The van der Waals surface area contributed by atoms with Crippen molar-refractivity contribution < 1.29 is 22.4 Å². The molecule has 3 aromatic carbocycles. The second-order valence-electron chi connectivity index (χ2n) is 9.37. The van der Waals surface area contributed by atoms with Crippen molar-refractivity contribution in [3.05, 3.63) is 94.8 Å². The number of anilines is 1. The lowest BCUT2D eigenvalue weighted by Gasteiger charge is -2.32. The number of benzene rings is 3. The molecule has 0 heterocycles. The van der Waals surface area contributed by atoms with Gasteiger partial charge in [0.2, 0.25) is 11.8 Å². The van der Waals surface area contributed by atoms with E-state index in [-0.39, 0.29) is 34.1 Å². The van der Waals surface area contributed by atoms with E-state index >= 15 is 0 Å². The number of rotatable bonds is 11. The van der Waals surface area contributed by atoms with Gasteiger partial charge in [-0.25, -0.2) is 12.8 Å². The van der Waals surface area contributed by atoms with Crippen LogP contribution in [0.4, 0.5) is 10.1 Å². The van der Waals surface area contributed by atoms with Gasteiger partial charge in [-0.15, -0.1) is 0 Å². The summed E-state index contributed by atoms with van der Waals surface area (Å²) in [6.07, 6.45) is 0.707. The number of hydrogen-bond donors (Lipinski definition) is 1. The predicted octanol–water partition coefficient (Wildman–Crippen LogP) is 5.31. The van der Waals surface area contributed by atoms with Crippen LogP contribution in [0.5, 0.6) is 0 Å². The maximum Gasteiger partial charge on any atom is 0.264 e. The van der Waals surface area contributed by atoms with E-state index in [0.717, 1.165) is 27.6 Å². The lowest BCUT2D eigenvalue weighted by atomic mass is 10.1. The molecule has 0 aliphatic heterocycles. The summed E-state index contributed by atoms with van der Waals surface area (Å²) >= 11 is 5.99. The van der Waals surface area contributed by atoms with Gasteiger partial charge < -0.3 is 10.2 Å². The Hall–Kier alpha value is -3.43. The van der Waals surface area contributed by atoms with E-state index in [1.165, 1.54) is 23.1 Å². The molecule has 0 fully saturated rings. The van der Waals surface area contributed by atoms with E-state index in [1.54, 1.807) is 25.1 Å². The molecule has 0 spiro atoms. The van der Waals surface area contributed by atoms with Gasteiger partial charge in [-0.2, -0.15) is 0 Å². The summed E-state index contributed by atoms with van der Waals surface area (Å²) in [6, 6.07) is 17.5. The first kappa shape index (κ1) is 30.1. The van der Waals surface area contributed by atoms with Gasteiger partial charge >= 0.3 is 0 Å². The van der Waals surface area contributed by atoms with Crippen LogP contribution in [-0.2, 0) is 26.2 Å². The summed E-state index contributed by atoms with van der Waals surface area (Å²) in [5.41, 5.74) is 1.76. The lowest BCUT2D eigenvalue weighted by Crippen LogP contribution is -2.52. The first-order valence-electron chi connectivity index (χ1n) is 12.6. The largest absolute Gasteiger partial charge is 0.352 e. The van der Waals surface area contributed by atoms with Gasteiger partial charge in [0, 0.05) is 12.6 Å². The zero-order chi connectivity index (χ0) is 28.7. The molecular weight excluding hydrogens is 541 g/mol. The number of aryl methyl sites for hydroxylation is 1. The van der Waals surface area contributed by atoms with Gasteiger partial charge in [-0.3, -0.25) is 13.9 Å². The van der Waals surface area contributed by atoms with Crippen LogP contribution in [0.2, 0.25) is 5.02 Å². The Bertz CT molecular complexity index is 1420. The molecule has 10 heteroatoms. The van der Waals surface area contributed by atoms with Crippen LogP contribution >= 0.6 is 11.6 Å². The van der Waals surface area contributed by atoms with Crippen LogP contribution in [0.25, 0.3) is 0 Å². The minimum absolute atomic E-state index is 0.0196. The maximum absolute atomic E-state index is 14.0. The smallest absolute Gasteiger partial charge is 0.264 e. The zero-order valence-corrected chi connectivity index (χ0v) is 24.0. The third kappa shape index (κ3) is 7.36. The molecule has 0 aliphatic carbocycles. The Labute approximate surface area is 234 Å². The van der Waals surface area contributed by atoms with Gasteiger partial charge in [0.1, 0.15) is 18.4 Å². The molecule has 3 rings (SSSR count). The lowest BCUT2D eigenvalue weighted by molar-refractivity contribution is -0.139. The molecule has 0 aliphatic rings. The molecule has 2 amide bonds. The minimum Gasteiger partial charge on any atom is -0.352 e. The highest BCUT2D eigenvalue weighted by molar-refractivity contribution is 7.92. The summed E-state index contributed by atoms with van der Waals surface area (Å²) in [4.78, 5) is 28.3. The molecular formula is C29H33ClFN3O4S. The molecule has 2 atom stereocenters. The summed E-state index contributed by atoms with van der Waals surface area (Å²) in [6.45, 7) is 6.76. The van der Waals surface area contributed by atoms with E-state index in [1.807, 2.05) is 45.0 Å². The van der Waals surface area contributed by atoms with Crippen molar-refractivity contribution in [3.8, 4) is 0 Å². The van der Waals surface area contributed by atoms with E-state index < -0.39 is 34.3 Å². The normalized spacial score (nSPS) is 12.9. The number of halogens is 2. The van der Waals surface area contributed by atoms with Gasteiger partial charge in [0.15, 0.2) is 0 Å². The zero-order valence-electron chi connectivity index (χ0n) is 22.4. The molecule has 2 unspecified atom stereocenters. The van der Waals surface area contributed by atoms with Crippen LogP contribution in [0.1, 0.15) is 38.3 Å². The number of nitrogens with zero attached hydrogens (tertiary/aromatic N) is 2. The van der Waals surface area contributed by atoms with E-state index in [4.69, 9.17) is 11.6 Å². The fourth-order valence-corrected chi connectivity index (χ4v) is 5.51.